The fourth-order valence-corrected chi connectivity index (χ4v) is 2.84. The summed E-state index contributed by atoms with van der Waals surface area (Å²) in [4.78, 5) is 16.4. The largest absolute Gasteiger partial charge is 0.497 e. The molecule has 1 heterocycles. The van der Waals surface area contributed by atoms with Crippen molar-refractivity contribution < 1.29 is 19.0 Å². The highest BCUT2D eigenvalue weighted by molar-refractivity contribution is 5.92. The van der Waals surface area contributed by atoms with E-state index in [1.54, 1.807) is 32.6 Å². The Morgan fingerprint density at radius 2 is 1.93 bits per heavy atom. The summed E-state index contributed by atoms with van der Waals surface area (Å²) in [6.45, 7) is 1.01. The number of benzene rings is 2. The lowest BCUT2D eigenvalue weighted by molar-refractivity contribution is -0.116. The van der Waals surface area contributed by atoms with E-state index in [-0.39, 0.29) is 5.91 Å². The van der Waals surface area contributed by atoms with Crippen LogP contribution < -0.4 is 19.5 Å². The minimum absolute atomic E-state index is 0.172. The zero-order valence-corrected chi connectivity index (χ0v) is 16.6. The van der Waals surface area contributed by atoms with E-state index in [1.807, 2.05) is 42.5 Å². The van der Waals surface area contributed by atoms with Gasteiger partial charge in [0.15, 0.2) is 0 Å². The number of carbonyl (C=O) groups excluding carboxylic acids is 1. The van der Waals surface area contributed by atoms with Crippen LogP contribution in [0, 0.1) is 0 Å². The Balaban J connectivity index is 1.45. The van der Waals surface area contributed by atoms with E-state index in [4.69, 9.17) is 14.2 Å². The van der Waals surface area contributed by atoms with Crippen LogP contribution in [0.1, 0.15) is 12.0 Å². The Kier molecular flexibility index (Phi) is 7.05. The number of aromatic nitrogens is 1. The van der Waals surface area contributed by atoms with Gasteiger partial charge in [-0.25, -0.2) is 0 Å². The highest BCUT2D eigenvalue weighted by atomic mass is 16.5. The van der Waals surface area contributed by atoms with Gasteiger partial charge in [-0.05, 0) is 36.8 Å². The molecule has 0 saturated carbocycles. The van der Waals surface area contributed by atoms with Gasteiger partial charge < -0.3 is 19.5 Å². The molecule has 0 saturated heterocycles. The molecule has 0 atom stereocenters. The van der Waals surface area contributed by atoms with E-state index < -0.39 is 0 Å². The third-order valence-corrected chi connectivity index (χ3v) is 4.33. The van der Waals surface area contributed by atoms with Crippen LogP contribution in [0.15, 0.2) is 60.8 Å². The Morgan fingerprint density at radius 1 is 1.07 bits per heavy atom. The molecule has 3 aromatic rings. The molecule has 6 heteroatoms. The summed E-state index contributed by atoms with van der Waals surface area (Å²) in [6, 6.07) is 15.2. The Labute approximate surface area is 170 Å². The van der Waals surface area contributed by atoms with Crippen molar-refractivity contribution in [1.29, 1.82) is 0 Å². The van der Waals surface area contributed by atoms with Crippen molar-refractivity contribution >= 4 is 22.9 Å². The number of fused-ring (bicyclic) bond motifs is 1. The van der Waals surface area contributed by atoms with Gasteiger partial charge >= 0.3 is 0 Å². The van der Waals surface area contributed by atoms with Crippen LogP contribution in [0.2, 0.25) is 0 Å². The summed E-state index contributed by atoms with van der Waals surface area (Å²) in [5.41, 5.74) is 1.64. The average molecular weight is 392 g/mol. The summed E-state index contributed by atoms with van der Waals surface area (Å²) in [7, 11) is 3.18. The van der Waals surface area contributed by atoms with Gasteiger partial charge in [0.05, 0.1) is 20.8 Å². The highest BCUT2D eigenvalue weighted by Crippen LogP contribution is 2.25. The van der Waals surface area contributed by atoms with Crippen LogP contribution in [-0.4, -0.2) is 38.3 Å². The molecule has 0 aliphatic heterocycles. The van der Waals surface area contributed by atoms with Crippen LogP contribution in [-0.2, 0) is 4.79 Å². The summed E-state index contributed by atoms with van der Waals surface area (Å²) in [6.07, 6.45) is 5.64. The third kappa shape index (κ3) is 5.48. The summed E-state index contributed by atoms with van der Waals surface area (Å²) < 4.78 is 16.3. The number of methoxy groups -OCH3 is 2. The predicted octanol–water partition coefficient (Wildman–Crippen LogP) is 3.85. The standard InChI is InChI=1S/C23H24N2O4/c1-27-19-11-9-17(21(16-19)28-2)10-12-22(26)24-14-5-15-29-20-8-3-6-18-7-4-13-25-23(18)20/h3-4,6-13,16H,5,14-15H2,1-2H3,(H,24,26)/b12-10+. The fraction of sp³-hybridized carbons (Fsp3) is 0.217. The van der Waals surface area contributed by atoms with Gasteiger partial charge in [0.25, 0.3) is 0 Å². The molecule has 0 bridgehead atoms. The fourth-order valence-electron chi connectivity index (χ4n) is 2.84. The van der Waals surface area contributed by atoms with Crippen LogP contribution in [0.5, 0.6) is 17.2 Å². The topological polar surface area (TPSA) is 69.7 Å². The second-order valence-electron chi connectivity index (χ2n) is 6.27. The molecule has 0 spiro atoms. The Bertz CT molecular complexity index is 996. The first-order valence-corrected chi connectivity index (χ1v) is 9.36. The molecular weight excluding hydrogens is 368 g/mol. The van der Waals surface area contributed by atoms with Gasteiger partial charge in [0.2, 0.25) is 5.91 Å². The van der Waals surface area contributed by atoms with Gasteiger partial charge in [-0.2, -0.15) is 0 Å². The van der Waals surface area contributed by atoms with Crippen molar-refractivity contribution in [2.24, 2.45) is 0 Å². The quantitative estimate of drug-likeness (QED) is 0.442. The maximum atomic E-state index is 12.0. The van der Waals surface area contributed by atoms with E-state index in [2.05, 4.69) is 10.3 Å². The number of pyridine rings is 1. The van der Waals surface area contributed by atoms with Gasteiger partial charge in [0.1, 0.15) is 22.8 Å². The van der Waals surface area contributed by atoms with E-state index in [9.17, 15) is 4.79 Å². The monoisotopic (exact) mass is 392 g/mol. The van der Waals surface area contributed by atoms with Crippen molar-refractivity contribution in [2.45, 2.75) is 6.42 Å². The molecular formula is C23H24N2O4. The zero-order chi connectivity index (χ0) is 20.5. The minimum Gasteiger partial charge on any atom is -0.497 e. The third-order valence-electron chi connectivity index (χ3n) is 4.33. The second kappa shape index (κ2) is 10.1. The number of nitrogens with one attached hydrogen (secondary N) is 1. The molecule has 6 nitrogen and oxygen atoms in total. The first-order chi connectivity index (χ1) is 14.2. The number of ether oxygens (including phenoxy) is 3. The maximum Gasteiger partial charge on any atom is 0.244 e. The van der Waals surface area contributed by atoms with Crippen molar-refractivity contribution in [1.82, 2.24) is 10.3 Å². The lowest BCUT2D eigenvalue weighted by Crippen LogP contribution is -2.23. The minimum atomic E-state index is -0.172. The smallest absolute Gasteiger partial charge is 0.244 e. The second-order valence-corrected chi connectivity index (χ2v) is 6.27. The molecule has 1 aromatic heterocycles. The van der Waals surface area contributed by atoms with Crippen LogP contribution >= 0.6 is 0 Å². The molecule has 0 aliphatic carbocycles. The summed E-state index contributed by atoms with van der Waals surface area (Å²) in [5.74, 6) is 1.92. The first kappa shape index (κ1) is 20.2. The number of nitrogens with zero attached hydrogens (tertiary/aromatic N) is 1. The zero-order valence-electron chi connectivity index (χ0n) is 16.6. The first-order valence-electron chi connectivity index (χ1n) is 9.36. The Morgan fingerprint density at radius 3 is 2.76 bits per heavy atom. The molecule has 0 radical (unpaired) electrons. The number of rotatable bonds is 9. The molecule has 3 rings (SSSR count). The lowest BCUT2D eigenvalue weighted by atomic mass is 10.1. The molecule has 0 aliphatic rings. The number of carbonyl (C=O) groups is 1. The molecule has 1 N–H and O–H groups in total. The van der Waals surface area contributed by atoms with Gasteiger partial charge in [-0.15, -0.1) is 0 Å². The van der Waals surface area contributed by atoms with Crippen molar-refractivity contribution in [3.63, 3.8) is 0 Å². The van der Waals surface area contributed by atoms with Gasteiger partial charge in [-0.1, -0.05) is 18.2 Å². The van der Waals surface area contributed by atoms with Crippen molar-refractivity contribution in [3.05, 3.63) is 66.4 Å². The molecule has 29 heavy (non-hydrogen) atoms. The van der Waals surface area contributed by atoms with E-state index in [0.29, 0.717) is 31.1 Å². The highest BCUT2D eigenvalue weighted by Gasteiger charge is 2.04. The molecule has 0 unspecified atom stereocenters. The van der Waals surface area contributed by atoms with Crippen molar-refractivity contribution in [2.75, 3.05) is 27.4 Å². The average Bonchev–Trinajstić information content (AvgIpc) is 2.77. The summed E-state index contributed by atoms with van der Waals surface area (Å²) >= 11 is 0. The van der Waals surface area contributed by atoms with Gasteiger partial charge in [0, 0.05) is 35.8 Å². The normalized spacial score (nSPS) is 10.8. The SMILES string of the molecule is COc1ccc(/C=C/C(=O)NCCCOc2cccc3cccnc23)c(OC)c1. The molecule has 0 fully saturated rings. The van der Waals surface area contributed by atoms with Crippen molar-refractivity contribution in [3.8, 4) is 17.2 Å². The van der Waals surface area contributed by atoms with E-state index in [0.717, 1.165) is 22.2 Å². The van der Waals surface area contributed by atoms with E-state index >= 15 is 0 Å². The number of hydrogen-bond donors (Lipinski definition) is 1. The number of amides is 1. The summed E-state index contributed by atoms with van der Waals surface area (Å²) in [5, 5.41) is 3.89. The van der Waals surface area contributed by atoms with E-state index in [1.165, 1.54) is 6.08 Å². The maximum absolute atomic E-state index is 12.0. The molecule has 150 valence electrons. The molecule has 1 amide bonds. The van der Waals surface area contributed by atoms with Crippen LogP contribution in [0.25, 0.3) is 17.0 Å². The number of para-hydroxylation sites is 1. The van der Waals surface area contributed by atoms with Crippen LogP contribution in [0.3, 0.4) is 0 Å². The van der Waals surface area contributed by atoms with Crippen LogP contribution in [0.4, 0.5) is 0 Å². The predicted molar refractivity (Wildman–Crippen MR) is 113 cm³/mol. The molecule has 2 aromatic carbocycles. The number of hydrogen-bond acceptors (Lipinski definition) is 5. The van der Waals surface area contributed by atoms with Gasteiger partial charge in [-0.3, -0.25) is 9.78 Å². The lowest BCUT2D eigenvalue weighted by Gasteiger charge is -2.09. The Hall–Kier alpha value is -3.54.